The van der Waals surface area contributed by atoms with Crippen LogP contribution in [0, 0.1) is 0 Å². The van der Waals surface area contributed by atoms with Crippen LogP contribution < -0.4 is 5.32 Å². The highest BCUT2D eigenvalue weighted by molar-refractivity contribution is 5.72. The molecular formula is C20H32N4O4. The minimum absolute atomic E-state index is 0.280. The van der Waals surface area contributed by atoms with Crippen LogP contribution in [-0.4, -0.2) is 57.5 Å². The highest BCUT2D eigenvalue weighted by Crippen LogP contribution is 2.37. The fourth-order valence-electron chi connectivity index (χ4n) is 3.80. The summed E-state index contributed by atoms with van der Waals surface area (Å²) in [5, 5.41) is 3.59. The monoisotopic (exact) mass is 392 g/mol. The molecule has 1 amide bonds. The van der Waals surface area contributed by atoms with Crippen molar-refractivity contribution in [3.05, 3.63) is 17.7 Å². The maximum atomic E-state index is 12.5. The maximum Gasteiger partial charge on any atom is 0.420 e. The molecule has 3 rings (SSSR count). The molecule has 1 saturated heterocycles. The molecule has 0 radical (unpaired) electrons. The number of fused-ring (bicyclic) bond motifs is 2. The molecule has 3 heterocycles. The molecule has 2 aliphatic rings. The van der Waals surface area contributed by atoms with Crippen molar-refractivity contribution in [3.63, 3.8) is 0 Å². The normalized spacial score (nSPS) is 19.3. The number of hydrogen-bond donors (Lipinski definition) is 1. The van der Waals surface area contributed by atoms with Crippen molar-refractivity contribution in [1.82, 2.24) is 19.8 Å². The van der Waals surface area contributed by atoms with Gasteiger partial charge in [-0.15, -0.1) is 0 Å². The van der Waals surface area contributed by atoms with Crippen LogP contribution in [0.25, 0.3) is 0 Å². The Balaban J connectivity index is 1.75. The van der Waals surface area contributed by atoms with Crippen molar-refractivity contribution >= 4 is 12.2 Å². The van der Waals surface area contributed by atoms with E-state index in [-0.39, 0.29) is 11.6 Å². The number of piperidine rings is 1. The number of nitrogens with zero attached hydrogens (tertiary/aromatic N) is 3. The number of amides is 1. The lowest BCUT2D eigenvalue weighted by Gasteiger charge is -2.44. The third-order valence-electron chi connectivity index (χ3n) is 5.00. The lowest BCUT2D eigenvalue weighted by atomic mass is 9.81. The number of nitrogens with one attached hydrogen (secondary N) is 1. The molecule has 1 aromatic rings. The molecule has 0 unspecified atom stereocenters. The summed E-state index contributed by atoms with van der Waals surface area (Å²) in [5.74, 6) is 0. The quantitative estimate of drug-likeness (QED) is 0.730. The topological polar surface area (TPSA) is 85.7 Å². The van der Waals surface area contributed by atoms with Crippen molar-refractivity contribution in [2.24, 2.45) is 0 Å². The van der Waals surface area contributed by atoms with Gasteiger partial charge in [0.05, 0.1) is 16.9 Å². The van der Waals surface area contributed by atoms with E-state index in [4.69, 9.17) is 9.47 Å². The Morgan fingerprint density at radius 2 is 1.61 bits per heavy atom. The van der Waals surface area contributed by atoms with Gasteiger partial charge in [0.15, 0.2) is 0 Å². The SMILES string of the molecule is CC(C)(C)OC(=O)N1CCC2(CC1)NCCc1c2ncn1C(=O)OC(C)(C)C. The molecule has 28 heavy (non-hydrogen) atoms. The Hall–Kier alpha value is -2.09. The molecule has 0 saturated carbocycles. The number of ether oxygens (including phenoxy) is 2. The van der Waals surface area contributed by atoms with E-state index >= 15 is 0 Å². The molecule has 0 aliphatic carbocycles. The van der Waals surface area contributed by atoms with Crippen molar-refractivity contribution in [2.45, 2.75) is 77.5 Å². The molecule has 1 spiro atoms. The van der Waals surface area contributed by atoms with Crippen molar-refractivity contribution < 1.29 is 19.1 Å². The highest BCUT2D eigenvalue weighted by Gasteiger charge is 2.44. The molecular weight excluding hydrogens is 360 g/mol. The predicted molar refractivity (Wildman–Crippen MR) is 104 cm³/mol. The Morgan fingerprint density at radius 3 is 2.18 bits per heavy atom. The third-order valence-corrected chi connectivity index (χ3v) is 5.00. The lowest BCUT2D eigenvalue weighted by molar-refractivity contribution is 0.0136. The van der Waals surface area contributed by atoms with Crippen LogP contribution in [0.2, 0.25) is 0 Å². The van der Waals surface area contributed by atoms with Gasteiger partial charge in [0.2, 0.25) is 0 Å². The molecule has 0 aromatic carbocycles. The van der Waals surface area contributed by atoms with E-state index in [1.54, 1.807) is 11.2 Å². The van der Waals surface area contributed by atoms with Crippen molar-refractivity contribution in [1.29, 1.82) is 0 Å². The maximum absolute atomic E-state index is 12.5. The number of hydrogen-bond acceptors (Lipinski definition) is 6. The van der Waals surface area contributed by atoms with Gasteiger partial charge in [0, 0.05) is 26.1 Å². The number of likely N-dealkylation sites (tertiary alicyclic amines) is 1. The van der Waals surface area contributed by atoms with Gasteiger partial charge in [-0.3, -0.25) is 0 Å². The summed E-state index contributed by atoms with van der Waals surface area (Å²) in [6.45, 7) is 13.1. The number of imidazole rings is 1. The van der Waals surface area contributed by atoms with E-state index in [0.717, 1.165) is 30.8 Å². The summed E-state index contributed by atoms with van der Waals surface area (Å²) in [4.78, 5) is 31.2. The standard InChI is InChI=1S/C20H32N4O4/c1-18(2,3)27-16(25)23-11-8-20(9-12-23)15-14(7-10-22-20)24(13-21-15)17(26)28-19(4,5)6/h13,22H,7-12H2,1-6H3. The van der Waals surface area contributed by atoms with Gasteiger partial charge >= 0.3 is 12.2 Å². The predicted octanol–water partition coefficient (Wildman–Crippen LogP) is 3.04. The molecule has 8 heteroatoms. The smallest absolute Gasteiger partial charge is 0.420 e. The first-order valence-electron chi connectivity index (χ1n) is 9.93. The van der Waals surface area contributed by atoms with Crippen LogP contribution in [0.15, 0.2) is 6.33 Å². The van der Waals surface area contributed by atoms with E-state index < -0.39 is 17.3 Å². The zero-order chi connectivity index (χ0) is 20.7. The summed E-state index contributed by atoms with van der Waals surface area (Å²) in [7, 11) is 0. The van der Waals surface area contributed by atoms with E-state index in [9.17, 15) is 9.59 Å². The van der Waals surface area contributed by atoms with Crippen molar-refractivity contribution in [2.75, 3.05) is 19.6 Å². The minimum Gasteiger partial charge on any atom is -0.444 e. The van der Waals surface area contributed by atoms with E-state index in [0.29, 0.717) is 19.5 Å². The summed E-state index contributed by atoms with van der Waals surface area (Å²) in [6, 6.07) is 0. The number of rotatable bonds is 0. The molecule has 1 N–H and O–H groups in total. The zero-order valence-corrected chi connectivity index (χ0v) is 17.8. The Kier molecular flexibility index (Phi) is 5.20. The molecule has 0 bridgehead atoms. The van der Waals surface area contributed by atoms with Gasteiger partial charge in [-0.25, -0.2) is 19.1 Å². The third kappa shape index (κ3) is 4.32. The second kappa shape index (κ2) is 7.06. The van der Waals surface area contributed by atoms with E-state index in [2.05, 4.69) is 10.3 Å². The van der Waals surface area contributed by atoms with Gasteiger partial charge in [0.1, 0.15) is 17.5 Å². The second-order valence-corrected chi connectivity index (χ2v) is 9.62. The lowest BCUT2D eigenvalue weighted by Crippen LogP contribution is -2.55. The fraction of sp³-hybridized carbons (Fsp3) is 0.750. The summed E-state index contributed by atoms with van der Waals surface area (Å²) in [6.07, 6.45) is 3.05. The zero-order valence-electron chi connectivity index (χ0n) is 17.8. The molecule has 8 nitrogen and oxygen atoms in total. The summed E-state index contributed by atoms with van der Waals surface area (Å²) in [5.41, 5.74) is 0.415. The van der Waals surface area contributed by atoms with Gasteiger partial charge in [0.25, 0.3) is 0 Å². The van der Waals surface area contributed by atoms with Crippen LogP contribution in [0.1, 0.15) is 65.8 Å². The van der Waals surface area contributed by atoms with Crippen LogP contribution in [0.5, 0.6) is 0 Å². The van der Waals surface area contributed by atoms with Gasteiger partial charge in [-0.1, -0.05) is 0 Å². The molecule has 2 aliphatic heterocycles. The van der Waals surface area contributed by atoms with Gasteiger partial charge in [-0.2, -0.15) is 0 Å². The molecule has 1 aromatic heterocycles. The number of aromatic nitrogens is 2. The van der Waals surface area contributed by atoms with E-state index in [1.807, 2.05) is 41.5 Å². The van der Waals surface area contributed by atoms with Crippen molar-refractivity contribution in [3.8, 4) is 0 Å². The van der Waals surface area contributed by atoms with Crippen LogP contribution in [0.4, 0.5) is 9.59 Å². The second-order valence-electron chi connectivity index (χ2n) is 9.62. The minimum atomic E-state index is -0.558. The first-order valence-corrected chi connectivity index (χ1v) is 9.93. The summed E-state index contributed by atoms with van der Waals surface area (Å²) >= 11 is 0. The molecule has 156 valence electrons. The number of carbonyl (C=O) groups excluding carboxylic acids is 2. The average molecular weight is 393 g/mol. The summed E-state index contributed by atoms with van der Waals surface area (Å²) < 4.78 is 12.5. The molecule has 1 fully saturated rings. The average Bonchev–Trinajstić information content (AvgIpc) is 2.98. The first kappa shape index (κ1) is 20.6. The Bertz CT molecular complexity index is 749. The first-order chi connectivity index (χ1) is 12.9. The van der Waals surface area contributed by atoms with Gasteiger partial charge in [-0.05, 0) is 54.4 Å². The van der Waals surface area contributed by atoms with Gasteiger partial charge < -0.3 is 19.7 Å². The Morgan fingerprint density at radius 1 is 1.04 bits per heavy atom. The van der Waals surface area contributed by atoms with Crippen LogP contribution in [-0.2, 0) is 21.4 Å². The van der Waals surface area contributed by atoms with E-state index in [1.165, 1.54) is 4.57 Å². The highest BCUT2D eigenvalue weighted by atomic mass is 16.6. The number of carbonyl (C=O) groups is 2. The van der Waals surface area contributed by atoms with Crippen LogP contribution >= 0.6 is 0 Å². The fourth-order valence-corrected chi connectivity index (χ4v) is 3.80. The Labute approximate surface area is 166 Å². The van der Waals surface area contributed by atoms with Crippen LogP contribution in [0.3, 0.4) is 0 Å². The largest absolute Gasteiger partial charge is 0.444 e. The molecule has 0 atom stereocenters.